The van der Waals surface area contributed by atoms with Crippen LogP contribution in [0.3, 0.4) is 0 Å². The lowest BCUT2D eigenvalue weighted by atomic mass is 9.98. The highest BCUT2D eigenvalue weighted by Crippen LogP contribution is 2.40. The Morgan fingerprint density at radius 2 is 1.42 bits per heavy atom. The smallest absolute Gasteiger partial charge is 0.135 e. The number of aromatic nitrogens is 2. The summed E-state index contributed by atoms with van der Waals surface area (Å²) in [4.78, 5) is 4.56. The average molecular weight is 764 g/mol. The molecule has 3 aromatic heterocycles. The summed E-state index contributed by atoms with van der Waals surface area (Å²) in [5, 5.41) is 4.86. The highest BCUT2D eigenvalue weighted by Gasteiger charge is 2.20. The number of hydrogen-bond acceptors (Lipinski definition) is 2. The largest absolute Gasteiger partial charge is 0.461 e. The number of furan rings is 1. The first kappa shape index (κ1) is 36.2. The summed E-state index contributed by atoms with van der Waals surface area (Å²) in [5.74, 6) is 0.933. The zero-order valence-electron chi connectivity index (χ0n) is 33.7. The van der Waals surface area contributed by atoms with Crippen LogP contribution in [0.4, 0.5) is 0 Å². The number of hydrogen-bond donors (Lipinski definition) is 0. The third-order valence-corrected chi connectivity index (χ3v) is 11.8. The van der Waals surface area contributed by atoms with Gasteiger partial charge in [0.25, 0.3) is 0 Å². The molecular weight excluding hydrogens is 719 g/mol. The van der Waals surface area contributed by atoms with Crippen molar-refractivity contribution < 1.29 is 4.42 Å². The van der Waals surface area contributed by atoms with Crippen molar-refractivity contribution in [3.8, 4) is 33.6 Å². The van der Waals surface area contributed by atoms with E-state index in [0.29, 0.717) is 0 Å². The summed E-state index contributed by atoms with van der Waals surface area (Å²) in [6, 6.07) is 46.9. The van der Waals surface area contributed by atoms with Crippen molar-refractivity contribution in [3.63, 3.8) is 0 Å². The molecule has 0 saturated heterocycles. The molecule has 10 rings (SSSR count). The molecule has 0 radical (unpaired) electrons. The van der Waals surface area contributed by atoms with E-state index in [9.17, 15) is 0 Å². The first-order chi connectivity index (χ1) is 29.0. The number of allylic oxidation sites excluding steroid dienone is 4. The highest BCUT2D eigenvalue weighted by atomic mass is 16.3. The summed E-state index contributed by atoms with van der Waals surface area (Å²) in [6.07, 6.45) is 17.8. The lowest BCUT2D eigenvalue weighted by Crippen LogP contribution is -2.00. The molecule has 9 aromatic rings. The molecular formula is C55H45N3O. The average Bonchev–Trinajstić information content (AvgIpc) is 3.91. The van der Waals surface area contributed by atoms with E-state index < -0.39 is 0 Å². The highest BCUT2D eigenvalue weighted by molar-refractivity contribution is 6.13. The molecule has 4 nitrogen and oxygen atoms in total. The van der Waals surface area contributed by atoms with Crippen molar-refractivity contribution in [2.45, 2.75) is 40.0 Å². The SMILES string of the molecule is C=CN=C(/C=C\C)c1cccc(-c2ccc3c(c2)c2cc(-c4cccc(-n5c6c(c7ccccc75)CCC=C6)c4)ccc2n3-c2ccc3oc(C)c(/C=C\CC)c3c2)c1. The van der Waals surface area contributed by atoms with Crippen LogP contribution in [0.5, 0.6) is 0 Å². The number of aryl methyl sites for hydroxylation is 2. The molecule has 0 atom stereocenters. The molecule has 1 aliphatic carbocycles. The summed E-state index contributed by atoms with van der Waals surface area (Å²) in [5.41, 5.74) is 17.2. The fourth-order valence-electron chi connectivity index (χ4n) is 9.09. The Labute approximate surface area is 345 Å². The van der Waals surface area contributed by atoms with Crippen LogP contribution in [-0.4, -0.2) is 14.8 Å². The maximum atomic E-state index is 6.24. The van der Waals surface area contributed by atoms with Crippen molar-refractivity contribution in [2.75, 3.05) is 0 Å². The molecule has 0 amide bonds. The number of para-hydroxylation sites is 1. The predicted molar refractivity (Wildman–Crippen MR) is 251 cm³/mol. The van der Waals surface area contributed by atoms with E-state index in [4.69, 9.17) is 4.42 Å². The van der Waals surface area contributed by atoms with Gasteiger partial charge in [0, 0.05) is 55.9 Å². The Bertz CT molecular complexity index is 3250. The second-order valence-electron chi connectivity index (χ2n) is 15.3. The Morgan fingerprint density at radius 1 is 0.712 bits per heavy atom. The molecule has 0 bridgehead atoms. The van der Waals surface area contributed by atoms with Gasteiger partial charge in [-0.3, -0.25) is 4.99 Å². The summed E-state index contributed by atoms with van der Waals surface area (Å²) in [7, 11) is 0. The summed E-state index contributed by atoms with van der Waals surface area (Å²) in [6.45, 7) is 10.1. The van der Waals surface area contributed by atoms with Crippen molar-refractivity contribution in [1.82, 2.24) is 9.13 Å². The minimum absolute atomic E-state index is 0.886. The Hall–Kier alpha value is -7.17. The van der Waals surface area contributed by atoms with E-state index >= 15 is 0 Å². The lowest BCUT2D eigenvalue weighted by molar-refractivity contribution is 0.577. The predicted octanol–water partition coefficient (Wildman–Crippen LogP) is 15.0. The van der Waals surface area contributed by atoms with Gasteiger partial charge in [0.05, 0.1) is 22.3 Å². The van der Waals surface area contributed by atoms with Crippen LogP contribution >= 0.6 is 0 Å². The van der Waals surface area contributed by atoms with Gasteiger partial charge in [0.15, 0.2) is 0 Å². The Kier molecular flexibility index (Phi) is 9.18. The molecule has 59 heavy (non-hydrogen) atoms. The molecule has 4 heteroatoms. The fraction of sp³-hybridized carbons (Fsp3) is 0.109. The monoisotopic (exact) mass is 763 g/mol. The van der Waals surface area contributed by atoms with Crippen molar-refractivity contribution >= 4 is 61.5 Å². The number of rotatable bonds is 9. The van der Waals surface area contributed by atoms with Gasteiger partial charge in [-0.2, -0.15) is 0 Å². The molecule has 0 N–H and O–H groups in total. The zero-order chi connectivity index (χ0) is 40.0. The molecule has 3 heterocycles. The number of aliphatic imine (C=N–C) groups is 1. The molecule has 0 fully saturated rings. The van der Waals surface area contributed by atoms with E-state index in [0.717, 1.165) is 80.7 Å². The van der Waals surface area contributed by atoms with Gasteiger partial charge in [0.2, 0.25) is 0 Å². The number of nitrogens with zero attached hydrogens (tertiary/aromatic N) is 3. The summed E-state index contributed by atoms with van der Waals surface area (Å²) < 4.78 is 11.1. The third-order valence-electron chi connectivity index (χ3n) is 11.8. The normalized spacial score (nSPS) is 13.2. The molecule has 1 aliphatic rings. The van der Waals surface area contributed by atoms with Crippen molar-refractivity contribution in [1.29, 1.82) is 0 Å². The number of fused-ring (bicyclic) bond motifs is 7. The van der Waals surface area contributed by atoms with Gasteiger partial charge < -0.3 is 13.6 Å². The first-order valence-corrected chi connectivity index (χ1v) is 20.6. The standard InChI is InChI=1S/C55H45N3O/c1-5-8-20-44-36(4)59-55-30-27-43(35-49(44)55)58-53-28-25-39(37-16-13-18-41(31-37)50(15-6-2)56-7-3)33-47(53)48-34-40(26-29-54(48)58)38-17-14-19-42(32-38)57-51-23-11-9-21-45(51)46-22-10-12-24-52(46)57/h6-9,11-21,23-35H,3,5,10,22H2,1-2,4H3/b15-6-,20-8-,56-50?. The van der Waals surface area contributed by atoms with Crippen LogP contribution in [0.15, 0.2) is 174 Å². The summed E-state index contributed by atoms with van der Waals surface area (Å²) >= 11 is 0. The third kappa shape index (κ3) is 6.20. The van der Waals surface area contributed by atoms with Crippen LogP contribution in [0.25, 0.3) is 89.5 Å². The second-order valence-corrected chi connectivity index (χ2v) is 15.3. The van der Waals surface area contributed by atoms with Gasteiger partial charge in [-0.25, -0.2) is 0 Å². The van der Waals surface area contributed by atoms with Gasteiger partial charge >= 0.3 is 0 Å². The molecule has 0 spiro atoms. The molecule has 6 aromatic carbocycles. The van der Waals surface area contributed by atoms with Crippen molar-refractivity contribution in [3.05, 3.63) is 193 Å². The molecule has 0 aliphatic heterocycles. The minimum Gasteiger partial charge on any atom is -0.461 e. The lowest BCUT2D eigenvalue weighted by Gasteiger charge is -2.13. The van der Waals surface area contributed by atoms with Crippen LogP contribution in [0.1, 0.15) is 54.8 Å². The van der Waals surface area contributed by atoms with Gasteiger partial charge in [-0.1, -0.05) is 98.5 Å². The Morgan fingerprint density at radius 3 is 2.19 bits per heavy atom. The quantitative estimate of drug-likeness (QED) is 0.135. The van der Waals surface area contributed by atoms with Gasteiger partial charge in [0.1, 0.15) is 11.3 Å². The van der Waals surface area contributed by atoms with E-state index in [1.54, 1.807) is 6.20 Å². The van der Waals surface area contributed by atoms with Crippen molar-refractivity contribution in [2.24, 2.45) is 4.99 Å². The second kappa shape index (κ2) is 15.0. The fourth-order valence-corrected chi connectivity index (χ4v) is 9.09. The van der Waals surface area contributed by atoms with Crippen LogP contribution in [-0.2, 0) is 6.42 Å². The topological polar surface area (TPSA) is 35.4 Å². The Balaban J connectivity index is 1.17. The molecule has 286 valence electrons. The zero-order valence-corrected chi connectivity index (χ0v) is 33.7. The van der Waals surface area contributed by atoms with E-state index in [1.807, 2.05) is 19.1 Å². The van der Waals surface area contributed by atoms with Gasteiger partial charge in [-0.05, 0) is 140 Å². The van der Waals surface area contributed by atoms with Gasteiger partial charge in [-0.15, -0.1) is 0 Å². The van der Waals surface area contributed by atoms with Crippen LogP contribution in [0, 0.1) is 6.92 Å². The van der Waals surface area contributed by atoms with Crippen LogP contribution in [0.2, 0.25) is 0 Å². The van der Waals surface area contributed by atoms with E-state index in [2.05, 4.69) is 186 Å². The minimum atomic E-state index is 0.886. The molecule has 0 saturated carbocycles. The molecule has 0 unspecified atom stereocenters. The van der Waals surface area contributed by atoms with Crippen LogP contribution < -0.4 is 0 Å². The first-order valence-electron chi connectivity index (χ1n) is 20.6. The maximum absolute atomic E-state index is 6.24. The van der Waals surface area contributed by atoms with E-state index in [1.165, 1.54) is 49.7 Å². The maximum Gasteiger partial charge on any atom is 0.135 e. The number of benzene rings is 6. The van der Waals surface area contributed by atoms with E-state index in [-0.39, 0.29) is 0 Å².